The number of anilines is 3. The summed E-state index contributed by atoms with van der Waals surface area (Å²) in [6, 6.07) is 16.0. The van der Waals surface area contributed by atoms with E-state index < -0.39 is 32.8 Å². The van der Waals surface area contributed by atoms with Gasteiger partial charge in [-0.1, -0.05) is 29.8 Å². The van der Waals surface area contributed by atoms with Crippen molar-refractivity contribution >= 4 is 44.7 Å². The predicted octanol–water partition coefficient (Wildman–Crippen LogP) is 5.80. The van der Waals surface area contributed by atoms with Gasteiger partial charge in [0.25, 0.3) is 10.0 Å². The Labute approximate surface area is 181 Å². The lowest BCUT2D eigenvalue weighted by Crippen LogP contribution is -2.19. The van der Waals surface area contributed by atoms with Gasteiger partial charge in [-0.25, -0.2) is 13.2 Å². The molecule has 3 aromatic rings. The number of nitrogens with one attached hydrogen (secondary N) is 3. The summed E-state index contributed by atoms with van der Waals surface area (Å²) in [5, 5.41) is 4.61. The van der Waals surface area contributed by atoms with Crippen LogP contribution < -0.4 is 15.4 Å². The molecule has 31 heavy (non-hydrogen) atoms. The Bertz CT molecular complexity index is 1190. The van der Waals surface area contributed by atoms with Crippen molar-refractivity contribution in [3.63, 3.8) is 0 Å². The Balaban J connectivity index is 1.71. The van der Waals surface area contributed by atoms with Crippen molar-refractivity contribution in [2.75, 3.05) is 15.4 Å². The second-order valence-electron chi connectivity index (χ2n) is 6.27. The summed E-state index contributed by atoms with van der Waals surface area (Å²) in [5.74, 6) is 0. The van der Waals surface area contributed by atoms with Crippen LogP contribution in [0.25, 0.3) is 0 Å². The monoisotopic (exact) mass is 469 g/mol. The summed E-state index contributed by atoms with van der Waals surface area (Å²) < 4.78 is 66.0. The van der Waals surface area contributed by atoms with Gasteiger partial charge in [-0.05, 0) is 54.6 Å². The molecular formula is C20H15ClF3N3O3S. The molecule has 0 fully saturated rings. The number of amides is 2. The van der Waals surface area contributed by atoms with E-state index in [2.05, 4.69) is 15.4 Å². The Hall–Kier alpha value is -3.24. The lowest BCUT2D eigenvalue weighted by atomic mass is 10.2. The molecule has 0 aliphatic heterocycles. The molecule has 3 N–H and O–H groups in total. The van der Waals surface area contributed by atoms with Crippen LogP contribution in [0.2, 0.25) is 5.02 Å². The van der Waals surface area contributed by atoms with Gasteiger partial charge in [0.05, 0.1) is 15.5 Å². The Kier molecular flexibility index (Phi) is 6.42. The normalized spacial score (nSPS) is 11.6. The average Bonchev–Trinajstić information content (AvgIpc) is 2.69. The maximum atomic E-state index is 13.0. The van der Waals surface area contributed by atoms with Crippen LogP contribution in [0.4, 0.5) is 35.0 Å². The molecule has 0 saturated heterocycles. The molecule has 11 heteroatoms. The third kappa shape index (κ3) is 5.89. The molecule has 0 unspecified atom stereocenters. The van der Waals surface area contributed by atoms with Crippen molar-refractivity contribution in [1.82, 2.24) is 0 Å². The van der Waals surface area contributed by atoms with Crippen molar-refractivity contribution in [1.29, 1.82) is 0 Å². The summed E-state index contributed by atoms with van der Waals surface area (Å²) in [6.45, 7) is 0. The van der Waals surface area contributed by atoms with E-state index in [1.165, 1.54) is 24.3 Å². The molecule has 0 spiro atoms. The lowest BCUT2D eigenvalue weighted by molar-refractivity contribution is -0.137. The quantitative estimate of drug-likeness (QED) is 0.441. The fraction of sp³-hybridized carbons (Fsp3) is 0.0500. The van der Waals surface area contributed by atoms with Gasteiger partial charge in [0.1, 0.15) is 0 Å². The molecule has 0 bridgehead atoms. The fourth-order valence-corrected chi connectivity index (χ4v) is 3.83. The summed E-state index contributed by atoms with van der Waals surface area (Å²) in [7, 11) is -4.17. The van der Waals surface area contributed by atoms with Crippen molar-refractivity contribution in [2.45, 2.75) is 11.1 Å². The number of sulfonamides is 1. The van der Waals surface area contributed by atoms with E-state index in [9.17, 15) is 26.4 Å². The number of urea groups is 1. The van der Waals surface area contributed by atoms with Crippen molar-refractivity contribution in [3.8, 4) is 0 Å². The second-order valence-corrected chi connectivity index (χ2v) is 8.36. The SMILES string of the molecule is O=C(Nc1ccccc1)Nc1ccc(S(=O)(=O)Nc2ccc(Cl)c(C(F)(F)F)c2)cc1. The van der Waals surface area contributed by atoms with E-state index in [0.717, 1.165) is 12.1 Å². The fourth-order valence-electron chi connectivity index (χ4n) is 2.55. The first kappa shape index (κ1) is 22.4. The van der Waals surface area contributed by atoms with Gasteiger partial charge < -0.3 is 10.6 Å². The molecule has 0 radical (unpaired) electrons. The zero-order valence-electron chi connectivity index (χ0n) is 15.6. The van der Waals surface area contributed by atoms with Gasteiger partial charge in [-0.2, -0.15) is 13.2 Å². The van der Waals surface area contributed by atoms with Crippen LogP contribution in [0.3, 0.4) is 0 Å². The number of benzene rings is 3. The van der Waals surface area contributed by atoms with E-state index in [0.29, 0.717) is 17.4 Å². The molecule has 0 aromatic heterocycles. The van der Waals surface area contributed by atoms with Gasteiger partial charge in [0, 0.05) is 17.1 Å². The smallest absolute Gasteiger partial charge is 0.308 e. The van der Waals surface area contributed by atoms with Gasteiger partial charge in [0.2, 0.25) is 0 Å². The Morgan fingerprint density at radius 2 is 1.35 bits per heavy atom. The number of rotatable bonds is 5. The van der Waals surface area contributed by atoms with E-state index in [-0.39, 0.29) is 10.6 Å². The lowest BCUT2D eigenvalue weighted by Gasteiger charge is -2.13. The first-order valence-electron chi connectivity index (χ1n) is 8.67. The topological polar surface area (TPSA) is 87.3 Å². The number of alkyl halides is 3. The van der Waals surface area contributed by atoms with Crippen LogP contribution in [0, 0.1) is 0 Å². The first-order valence-corrected chi connectivity index (χ1v) is 10.5. The average molecular weight is 470 g/mol. The van der Waals surface area contributed by atoms with Crippen molar-refractivity contribution in [3.05, 3.63) is 83.4 Å². The van der Waals surface area contributed by atoms with E-state index in [1.807, 2.05) is 0 Å². The number of hydrogen-bond acceptors (Lipinski definition) is 3. The van der Waals surface area contributed by atoms with Crippen molar-refractivity contribution in [2.24, 2.45) is 0 Å². The van der Waals surface area contributed by atoms with Gasteiger partial charge in [-0.15, -0.1) is 0 Å². The largest absolute Gasteiger partial charge is 0.417 e. The van der Waals surface area contributed by atoms with E-state index in [1.54, 1.807) is 30.3 Å². The maximum Gasteiger partial charge on any atom is 0.417 e. The highest BCUT2D eigenvalue weighted by Crippen LogP contribution is 2.36. The standard InChI is InChI=1S/C20H15ClF3N3O3S/c21-18-11-8-15(12-17(18)20(22,23)24)27-31(29,30)16-9-6-14(7-10-16)26-19(28)25-13-4-2-1-3-5-13/h1-12,27H,(H2,25,26,28). The first-order chi connectivity index (χ1) is 14.5. The highest BCUT2D eigenvalue weighted by atomic mass is 35.5. The van der Waals surface area contributed by atoms with Crippen LogP contribution >= 0.6 is 11.6 Å². The minimum Gasteiger partial charge on any atom is -0.308 e. The number of halogens is 4. The van der Waals surface area contributed by atoms with E-state index >= 15 is 0 Å². The number of hydrogen-bond donors (Lipinski definition) is 3. The maximum absolute atomic E-state index is 13.0. The summed E-state index contributed by atoms with van der Waals surface area (Å²) in [5.41, 5.74) is -0.553. The molecule has 0 saturated carbocycles. The third-order valence-electron chi connectivity index (χ3n) is 3.98. The second kappa shape index (κ2) is 8.86. The molecule has 0 heterocycles. The number of para-hydroxylation sites is 1. The Morgan fingerprint density at radius 3 is 1.94 bits per heavy atom. The molecule has 162 valence electrons. The molecule has 2 amide bonds. The van der Waals surface area contributed by atoms with Gasteiger partial charge in [-0.3, -0.25) is 4.72 Å². The van der Waals surface area contributed by atoms with Gasteiger partial charge in [0.15, 0.2) is 0 Å². The number of carbonyl (C=O) groups is 1. The zero-order valence-corrected chi connectivity index (χ0v) is 17.1. The minimum absolute atomic E-state index is 0.204. The minimum atomic E-state index is -4.73. The summed E-state index contributed by atoms with van der Waals surface area (Å²) in [6.07, 6.45) is -4.73. The van der Waals surface area contributed by atoms with E-state index in [4.69, 9.17) is 11.6 Å². The molecule has 0 aliphatic carbocycles. The third-order valence-corrected chi connectivity index (χ3v) is 5.70. The Morgan fingerprint density at radius 1 is 0.806 bits per heavy atom. The molecule has 3 aromatic carbocycles. The van der Waals surface area contributed by atoms with Gasteiger partial charge >= 0.3 is 12.2 Å². The molecule has 0 aliphatic rings. The van der Waals surface area contributed by atoms with Crippen LogP contribution in [0.5, 0.6) is 0 Å². The molecule has 0 atom stereocenters. The number of carbonyl (C=O) groups excluding carboxylic acids is 1. The zero-order chi connectivity index (χ0) is 22.6. The molecular weight excluding hydrogens is 455 g/mol. The van der Waals surface area contributed by atoms with Crippen LogP contribution in [0.1, 0.15) is 5.56 Å². The predicted molar refractivity (Wildman–Crippen MR) is 113 cm³/mol. The summed E-state index contributed by atoms with van der Waals surface area (Å²) >= 11 is 5.54. The molecule has 3 rings (SSSR count). The highest BCUT2D eigenvalue weighted by molar-refractivity contribution is 7.92. The van der Waals surface area contributed by atoms with Crippen molar-refractivity contribution < 1.29 is 26.4 Å². The van der Waals surface area contributed by atoms with Crippen LogP contribution in [-0.2, 0) is 16.2 Å². The summed E-state index contributed by atoms with van der Waals surface area (Å²) in [4.78, 5) is 11.8. The molecule has 6 nitrogen and oxygen atoms in total. The van der Waals surface area contributed by atoms with Crippen LogP contribution in [0.15, 0.2) is 77.7 Å². The highest BCUT2D eigenvalue weighted by Gasteiger charge is 2.33. The van der Waals surface area contributed by atoms with Crippen LogP contribution in [-0.4, -0.2) is 14.4 Å².